The second kappa shape index (κ2) is 13.4. The third-order valence-electron chi connectivity index (χ3n) is 10.5. The third kappa shape index (κ3) is 5.71. The number of hydrogen-bond donors (Lipinski definition) is 0. The zero-order valence-electron chi connectivity index (χ0n) is 29.6. The van der Waals surface area contributed by atoms with E-state index in [-0.39, 0.29) is 0 Å². The molecule has 0 atom stereocenters. The Hall–Kier alpha value is -7.16. The van der Waals surface area contributed by atoms with Crippen LogP contribution in [0.2, 0.25) is 0 Å². The highest BCUT2D eigenvalue weighted by molar-refractivity contribution is 6.13. The average molecular weight is 690 g/mol. The lowest BCUT2D eigenvalue weighted by atomic mass is 9.95. The average Bonchev–Trinajstić information content (AvgIpc) is 3.64. The second-order valence-electron chi connectivity index (χ2n) is 13.7. The largest absolute Gasteiger partial charge is 0.456 e. The first-order valence-corrected chi connectivity index (χ1v) is 18.4. The Morgan fingerprint density at radius 2 is 0.796 bits per heavy atom. The molecule has 0 unspecified atom stereocenters. The molecule has 0 saturated carbocycles. The highest BCUT2D eigenvalue weighted by Crippen LogP contribution is 2.44. The van der Waals surface area contributed by atoms with Crippen LogP contribution in [0.15, 0.2) is 217 Å². The summed E-state index contributed by atoms with van der Waals surface area (Å²) in [5, 5.41) is 4.71. The van der Waals surface area contributed by atoms with Gasteiger partial charge >= 0.3 is 0 Å². The summed E-state index contributed by atoms with van der Waals surface area (Å²) >= 11 is 0. The Labute approximate surface area is 314 Å². The van der Waals surface area contributed by atoms with Crippen molar-refractivity contribution in [3.05, 3.63) is 212 Å². The highest BCUT2D eigenvalue weighted by atomic mass is 16.3. The number of para-hydroxylation sites is 1. The van der Waals surface area contributed by atoms with Crippen LogP contribution in [0.3, 0.4) is 0 Å². The molecule has 10 aromatic rings. The quantitative estimate of drug-likeness (QED) is 0.166. The predicted molar refractivity (Wildman–Crippen MR) is 228 cm³/mol. The molecule has 0 N–H and O–H groups in total. The van der Waals surface area contributed by atoms with Crippen LogP contribution in [0.4, 0.5) is 17.1 Å². The van der Waals surface area contributed by atoms with Gasteiger partial charge in [-0.1, -0.05) is 158 Å². The Morgan fingerprint density at radius 3 is 1.50 bits per heavy atom. The van der Waals surface area contributed by atoms with Gasteiger partial charge in [0.2, 0.25) is 0 Å². The summed E-state index contributed by atoms with van der Waals surface area (Å²) < 4.78 is 6.36. The van der Waals surface area contributed by atoms with Gasteiger partial charge in [0, 0.05) is 16.8 Å². The minimum Gasteiger partial charge on any atom is -0.456 e. The minimum absolute atomic E-state index is 0.870. The molecule has 254 valence electrons. The lowest BCUT2D eigenvalue weighted by Crippen LogP contribution is -2.10. The van der Waals surface area contributed by atoms with E-state index in [9.17, 15) is 0 Å². The van der Waals surface area contributed by atoms with Crippen LogP contribution in [0.25, 0.3) is 77.2 Å². The normalized spacial score (nSPS) is 11.3. The van der Waals surface area contributed by atoms with Crippen molar-refractivity contribution >= 4 is 49.8 Å². The fourth-order valence-electron chi connectivity index (χ4n) is 7.83. The van der Waals surface area contributed by atoms with Crippen LogP contribution in [0.1, 0.15) is 0 Å². The number of anilines is 3. The Bertz CT molecular complexity index is 2920. The van der Waals surface area contributed by atoms with Crippen LogP contribution in [0.5, 0.6) is 0 Å². The van der Waals surface area contributed by atoms with E-state index in [0.717, 1.165) is 39.0 Å². The number of hydrogen-bond acceptors (Lipinski definition) is 2. The number of benzene rings is 9. The lowest BCUT2D eigenvalue weighted by molar-refractivity contribution is 0.669. The molecule has 0 amide bonds. The Balaban J connectivity index is 1.06. The van der Waals surface area contributed by atoms with Gasteiger partial charge in [-0.2, -0.15) is 0 Å². The standard InChI is InChI=1S/C52H35NO/c1-2-12-36(13-3-1)40-16-8-17-41(34-40)37-26-30-44(31-27-37)53(49-23-11-25-51-52(49)48-21-6-7-24-50(48)54-51)45-32-28-38(29-33-45)42-18-9-19-43(35-42)47-22-10-15-39-14-4-5-20-46(39)47/h1-35H. The molecule has 10 rings (SSSR count). The molecule has 0 radical (unpaired) electrons. The third-order valence-corrected chi connectivity index (χ3v) is 10.5. The maximum atomic E-state index is 6.36. The lowest BCUT2D eigenvalue weighted by Gasteiger charge is -2.26. The minimum atomic E-state index is 0.870. The van der Waals surface area contributed by atoms with Crippen LogP contribution in [-0.2, 0) is 0 Å². The van der Waals surface area contributed by atoms with E-state index in [1.54, 1.807) is 0 Å². The van der Waals surface area contributed by atoms with Gasteiger partial charge in [0.25, 0.3) is 0 Å². The SMILES string of the molecule is c1ccc(-c2cccc(-c3ccc(N(c4ccc(-c5cccc(-c6cccc7ccccc67)c5)cc4)c4cccc5oc6ccccc6c45)cc3)c2)cc1. The van der Waals surface area contributed by atoms with E-state index in [1.165, 1.54) is 55.3 Å². The van der Waals surface area contributed by atoms with Crippen LogP contribution in [0, 0.1) is 0 Å². The first-order chi connectivity index (χ1) is 26.8. The summed E-state index contributed by atoms with van der Waals surface area (Å²) in [6.07, 6.45) is 0. The van der Waals surface area contributed by atoms with Gasteiger partial charge in [0.1, 0.15) is 11.2 Å². The molecule has 2 nitrogen and oxygen atoms in total. The molecule has 0 bridgehead atoms. The van der Waals surface area contributed by atoms with E-state index in [1.807, 2.05) is 12.1 Å². The monoisotopic (exact) mass is 689 g/mol. The molecule has 0 saturated heterocycles. The van der Waals surface area contributed by atoms with Gasteiger partial charge in [0.05, 0.1) is 11.1 Å². The highest BCUT2D eigenvalue weighted by Gasteiger charge is 2.19. The Kier molecular flexibility index (Phi) is 7.85. The Morgan fingerprint density at radius 1 is 0.315 bits per heavy atom. The van der Waals surface area contributed by atoms with Crippen LogP contribution in [-0.4, -0.2) is 0 Å². The molecule has 2 heteroatoms. The molecule has 1 aromatic heterocycles. The molecule has 1 heterocycles. The van der Waals surface area contributed by atoms with E-state index >= 15 is 0 Å². The topological polar surface area (TPSA) is 16.4 Å². The maximum Gasteiger partial charge on any atom is 0.137 e. The van der Waals surface area contributed by atoms with Crippen molar-refractivity contribution in [2.45, 2.75) is 0 Å². The van der Waals surface area contributed by atoms with E-state index in [0.29, 0.717) is 0 Å². The predicted octanol–water partition coefficient (Wildman–Crippen LogP) is 14.9. The molecular weight excluding hydrogens is 655 g/mol. The van der Waals surface area contributed by atoms with Crippen molar-refractivity contribution in [1.29, 1.82) is 0 Å². The number of fused-ring (bicyclic) bond motifs is 4. The fraction of sp³-hybridized carbons (Fsp3) is 0. The van der Waals surface area contributed by atoms with Gasteiger partial charge in [-0.25, -0.2) is 0 Å². The number of rotatable bonds is 7. The molecule has 0 aliphatic heterocycles. The molecular formula is C52H35NO. The van der Waals surface area contributed by atoms with E-state index in [4.69, 9.17) is 4.42 Å². The van der Waals surface area contributed by atoms with Crippen molar-refractivity contribution in [3.8, 4) is 44.5 Å². The zero-order chi connectivity index (χ0) is 35.8. The van der Waals surface area contributed by atoms with Gasteiger partial charge in [-0.15, -0.1) is 0 Å². The molecule has 0 spiro atoms. The summed E-state index contributed by atoms with van der Waals surface area (Å²) in [6, 6.07) is 75.9. The summed E-state index contributed by atoms with van der Waals surface area (Å²) in [7, 11) is 0. The van der Waals surface area contributed by atoms with Crippen molar-refractivity contribution in [2.24, 2.45) is 0 Å². The molecule has 0 aliphatic carbocycles. The van der Waals surface area contributed by atoms with Crippen molar-refractivity contribution in [3.63, 3.8) is 0 Å². The summed E-state index contributed by atoms with van der Waals surface area (Å²) in [4.78, 5) is 2.35. The molecule has 54 heavy (non-hydrogen) atoms. The summed E-state index contributed by atoms with van der Waals surface area (Å²) in [6.45, 7) is 0. The van der Waals surface area contributed by atoms with Gasteiger partial charge in [0.15, 0.2) is 0 Å². The van der Waals surface area contributed by atoms with Crippen molar-refractivity contribution in [2.75, 3.05) is 4.90 Å². The number of furan rings is 1. The zero-order valence-corrected chi connectivity index (χ0v) is 29.6. The summed E-state index contributed by atoms with van der Waals surface area (Å²) in [5.41, 5.74) is 14.6. The van der Waals surface area contributed by atoms with E-state index < -0.39 is 0 Å². The van der Waals surface area contributed by atoms with Crippen LogP contribution >= 0.6 is 0 Å². The molecule has 0 fully saturated rings. The van der Waals surface area contributed by atoms with Crippen LogP contribution < -0.4 is 4.90 Å². The van der Waals surface area contributed by atoms with E-state index in [2.05, 4.69) is 205 Å². The smallest absolute Gasteiger partial charge is 0.137 e. The van der Waals surface area contributed by atoms with Crippen molar-refractivity contribution < 1.29 is 4.42 Å². The van der Waals surface area contributed by atoms with Gasteiger partial charge in [-0.3, -0.25) is 0 Å². The number of nitrogens with zero attached hydrogens (tertiary/aromatic N) is 1. The maximum absolute atomic E-state index is 6.36. The first kappa shape index (κ1) is 31.6. The summed E-state index contributed by atoms with van der Waals surface area (Å²) in [5.74, 6) is 0. The molecule has 0 aliphatic rings. The fourth-order valence-corrected chi connectivity index (χ4v) is 7.83. The first-order valence-electron chi connectivity index (χ1n) is 18.4. The molecule has 9 aromatic carbocycles. The second-order valence-corrected chi connectivity index (χ2v) is 13.7. The van der Waals surface area contributed by atoms with Gasteiger partial charge in [-0.05, 0) is 110 Å². The van der Waals surface area contributed by atoms with Gasteiger partial charge < -0.3 is 9.32 Å². The van der Waals surface area contributed by atoms with Crippen molar-refractivity contribution in [1.82, 2.24) is 0 Å².